The van der Waals surface area contributed by atoms with Gasteiger partial charge >= 0.3 is 0 Å². The summed E-state index contributed by atoms with van der Waals surface area (Å²) in [5.41, 5.74) is 5.11. The molecular weight excluding hydrogens is 331 g/mol. The molecule has 0 radical (unpaired) electrons. The molecule has 2 aromatic rings. The maximum absolute atomic E-state index is 15.0. The predicted molar refractivity (Wildman–Crippen MR) is 115 cm³/mol. The van der Waals surface area contributed by atoms with E-state index in [0.29, 0.717) is 11.8 Å². The molecule has 3 rings (SSSR count). The Labute approximate surface area is 165 Å². The van der Waals surface area contributed by atoms with Crippen LogP contribution in [0.1, 0.15) is 94.2 Å². The summed E-state index contributed by atoms with van der Waals surface area (Å²) < 4.78 is 15.0. The number of halogens is 1. The molecule has 27 heavy (non-hydrogen) atoms. The zero-order valence-electron chi connectivity index (χ0n) is 17.5. The minimum Gasteiger partial charge on any atom is -0.206 e. The molecule has 0 saturated heterocycles. The van der Waals surface area contributed by atoms with Crippen molar-refractivity contribution in [3.8, 4) is 11.1 Å². The van der Waals surface area contributed by atoms with Crippen LogP contribution >= 0.6 is 0 Å². The molecule has 1 aliphatic carbocycles. The van der Waals surface area contributed by atoms with Crippen LogP contribution in [0, 0.1) is 18.7 Å². The third kappa shape index (κ3) is 4.45. The van der Waals surface area contributed by atoms with Crippen LogP contribution in [0.4, 0.5) is 4.39 Å². The summed E-state index contributed by atoms with van der Waals surface area (Å²) >= 11 is 0. The van der Waals surface area contributed by atoms with E-state index in [0.717, 1.165) is 34.6 Å². The quantitative estimate of drug-likeness (QED) is 0.481. The van der Waals surface area contributed by atoms with Gasteiger partial charge in [0.05, 0.1) is 0 Å². The molecule has 1 aliphatic rings. The van der Waals surface area contributed by atoms with E-state index < -0.39 is 0 Å². The van der Waals surface area contributed by atoms with Crippen molar-refractivity contribution in [3.05, 3.63) is 58.9 Å². The number of hydrogen-bond donors (Lipinski definition) is 0. The van der Waals surface area contributed by atoms with E-state index in [-0.39, 0.29) is 5.82 Å². The molecule has 1 heteroatoms. The number of benzene rings is 2. The fourth-order valence-corrected chi connectivity index (χ4v) is 4.80. The van der Waals surface area contributed by atoms with Crippen molar-refractivity contribution in [1.29, 1.82) is 0 Å². The minimum absolute atomic E-state index is 0.0550. The lowest BCUT2D eigenvalue weighted by Crippen LogP contribution is -2.13. The van der Waals surface area contributed by atoms with E-state index in [1.54, 1.807) is 0 Å². The Bertz CT molecular complexity index is 736. The van der Waals surface area contributed by atoms with Gasteiger partial charge in [-0.15, -0.1) is 0 Å². The highest BCUT2D eigenvalue weighted by molar-refractivity contribution is 5.66. The highest BCUT2D eigenvalue weighted by Gasteiger charge is 2.22. The van der Waals surface area contributed by atoms with Gasteiger partial charge in [0.2, 0.25) is 0 Å². The summed E-state index contributed by atoms with van der Waals surface area (Å²) in [7, 11) is 0. The van der Waals surface area contributed by atoms with Crippen LogP contribution in [-0.2, 0) is 0 Å². The number of rotatable bonds is 6. The summed E-state index contributed by atoms with van der Waals surface area (Å²) in [6, 6.07) is 12.8. The molecule has 0 spiro atoms. The topological polar surface area (TPSA) is 0 Å². The Balaban J connectivity index is 1.75. The second-order valence-corrected chi connectivity index (χ2v) is 8.58. The maximum Gasteiger partial charge on any atom is 0.134 e. The molecule has 0 bridgehead atoms. The van der Waals surface area contributed by atoms with Crippen molar-refractivity contribution in [2.24, 2.45) is 5.92 Å². The molecule has 1 atom stereocenters. The summed E-state index contributed by atoms with van der Waals surface area (Å²) in [5.74, 6) is 1.97. The third-order valence-electron chi connectivity index (χ3n) is 6.81. The van der Waals surface area contributed by atoms with Gasteiger partial charge in [0, 0.05) is 5.56 Å². The van der Waals surface area contributed by atoms with Crippen molar-refractivity contribution >= 4 is 0 Å². The van der Waals surface area contributed by atoms with Gasteiger partial charge < -0.3 is 0 Å². The summed E-state index contributed by atoms with van der Waals surface area (Å²) in [6.45, 7) is 8.54. The van der Waals surface area contributed by atoms with Gasteiger partial charge in [-0.05, 0) is 79.0 Å². The van der Waals surface area contributed by atoms with Gasteiger partial charge in [0.25, 0.3) is 0 Å². The smallest absolute Gasteiger partial charge is 0.134 e. The van der Waals surface area contributed by atoms with Crippen molar-refractivity contribution in [2.75, 3.05) is 0 Å². The maximum atomic E-state index is 15.0. The molecule has 0 aromatic heterocycles. The first-order chi connectivity index (χ1) is 13.0. The molecule has 1 fully saturated rings. The van der Waals surface area contributed by atoms with Crippen molar-refractivity contribution in [1.82, 2.24) is 0 Å². The van der Waals surface area contributed by atoms with Gasteiger partial charge in [0.15, 0.2) is 0 Å². The van der Waals surface area contributed by atoms with E-state index >= 15 is 4.39 Å². The van der Waals surface area contributed by atoms with Crippen LogP contribution in [0.5, 0.6) is 0 Å². The van der Waals surface area contributed by atoms with Gasteiger partial charge in [-0.2, -0.15) is 0 Å². The largest absolute Gasteiger partial charge is 0.206 e. The van der Waals surface area contributed by atoms with Crippen molar-refractivity contribution in [3.63, 3.8) is 0 Å². The SMILES string of the molecule is CCCC1CCC(c2ccc(-c3ccc(C(C)CC)c(C)c3F)cc2)CC1. The first-order valence-corrected chi connectivity index (χ1v) is 10.9. The monoisotopic (exact) mass is 366 g/mol. The van der Waals surface area contributed by atoms with Crippen LogP contribution in [0.25, 0.3) is 11.1 Å². The molecule has 2 aromatic carbocycles. The summed E-state index contributed by atoms with van der Waals surface area (Å²) in [6.07, 6.45) is 9.08. The standard InChI is InChI=1S/C26H35F/c1-5-7-20-8-10-21(11-9-20)22-12-14-23(15-13-22)25-17-16-24(18(3)6-2)19(4)26(25)27/h12-18,20-21H,5-11H2,1-4H3. The molecule has 1 saturated carbocycles. The first-order valence-electron chi connectivity index (χ1n) is 10.9. The van der Waals surface area contributed by atoms with Gasteiger partial charge in [0.1, 0.15) is 5.82 Å². The Morgan fingerprint density at radius 3 is 2.22 bits per heavy atom. The average molecular weight is 367 g/mol. The molecular formula is C26H35F. The van der Waals surface area contributed by atoms with E-state index in [2.05, 4.69) is 51.1 Å². The zero-order chi connectivity index (χ0) is 19.4. The fourth-order valence-electron chi connectivity index (χ4n) is 4.80. The van der Waals surface area contributed by atoms with E-state index in [9.17, 15) is 0 Å². The Morgan fingerprint density at radius 1 is 0.963 bits per heavy atom. The molecule has 0 heterocycles. The Morgan fingerprint density at radius 2 is 1.63 bits per heavy atom. The van der Waals surface area contributed by atoms with E-state index in [4.69, 9.17) is 0 Å². The van der Waals surface area contributed by atoms with Gasteiger partial charge in [-0.1, -0.05) is 70.0 Å². The lowest BCUT2D eigenvalue weighted by atomic mass is 9.77. The Kier molecular flexibility index (Phi) is 6.73. The van der Waals surface area contributed by atoms with E-state index in [1.165, 1.54) is 44.1 Å². The Hall–Kier alpha value is -1.63. The highest BCUT2D eigenvalue weighted by atomic mass is 19.1. The lowest BCUT2D eigenvalue weighted by molar-refractivity contribution is 0.308. The van der Waals surface area contributed by atoms with Crippen LogP contribution < -0.4 is 0 Å². The van der Waals surface area contributed by atoms with Gasteiger partial charge in [-0.3, -0.25) is 0 Å². The van der Waals surface area contributed by atoms with Crippen LogP contribution in [0.2, 0.25) is 0 Å². The van der Waals surface area contributed by atoms with Crippen LogP contribution in [-0.4, -0.2) is 0 Å². The van der Waals surface area contributed by atoms with Crippen LogP contribution in [0.3, 0.4) is 0 Å². The minimum atomic E-state index is -0.0550. The van der Waals surface area contributed by atoms with Crippen molar-refractivity contribution in [2.45, 2.75) is 84.5 Å². The average Bonchev–Trinajstić information content (AvgIpc) is 2.70. The molecule has 0 amide bonds. The number of hydrogen-bond acceptors (Lipinski definition) is 0. The molecule has 146 valence electrons. The normalized spacial score (nSPS) is 21.2. The fraction of sp³-hybridized carbons (Fsp3) is 0.538. The van der Waals surface area contributed by atoms with Crippen molar-refractivity contribution < 1.29 is 4.39 Å². The third-order valence-corrected chi connectivity index (χ3v) is 6.81. The molecule has 0 nitrogen and oxygen atoms in total. The molecule has 1 unspecified atom stereocenters. The lowest BCUT2D eigenvalue weighted by Gasteiger charge is -2.28. The van der Waals surface area contributed by atoms with E-state index in [1.807, 2.05) is 13.0 Å². The highest BCUT2D eigenvalue weighted by Crippen LogP contribution is 2.38. The van der Waals surface area contributed by atoms with Crippen LogP contribution in [0.15, 0.2) is 36.4 Å². The molecule has 0 N–H and O–H groups in total. The predicted octanol–water partition coefficient (Wildman–Crippen LogP) is 8.39. The zero-order valence-corrected chi connectivity index (χ0v) is 17.5. The van der Waals surface area contributed by atoms with Gasteiger partial charge in [-0.25, -0.2) is 4.39 Å². The molecule has 0 aliphatic heterocycles. The second-order valence-electron chi connectivity index (χ2n) is 8.58. The summed E-state index contributed by atoms with van der Waals surface area (Å²) in [4.78, 5) is 0. The second kappa shape index (κ2) is 9.04. The first kappa shape index (κ1) is 20.1. The summed E-state index contributed by atoms with van der Waals surface area (Å²) in [5, 5.41) is 0.